The third kappa shape index (κ3) is 1.70. The molecule has 0 atom stereocenters. The number of hydrogen-bond acceptors (Lipinski definition) is 3. The lowest BCUT2D eigenvalue weighted by atomic mass is 9.92. The van der Waals surface area contributed by atoms with Gasteiger partial charge in [-0.05, 0) is 61.6 Å². The molecule has 0 bridgehead atoms. The Morgan fingerprint density at radius 2 is 1.70 bits per heavy atom. The molecule has 3 heterocycles. The number of fused-ring (bicyclic) bond motifs is 4. The van der Waals surface area contributed by atoms with E-state index in [2.05, 4.69) is 41.2 Å². The van der Waals surface area contributed by atoms with Crippen LogP contribution in [-0.2, 0) is 12.8 Å². The van der Waals surface area contributed by atoms with Gasteiger partial charge in [-0.2, -0.15) is 0 Å². The van der Waals surface area contributed by atoms with E-state index in [9.17, 15) is 0 Å². The molecule has 1 aliphatic carbocycles. The molecule has 0 saturated carbocycles. The van der Waals surface area contributed by atoms with Gasteiger partial charge in [-0.3, -0.25) is 4.98 Å². The van der Waals surface area contributed by atoms with Gasteiger partial charge in [0.05, 0.1) is 11.4 Å². The summed E-state index contributed by atoms with van der Waals surface area (Å²) in [6.07, 6.45) is 3.95. The summed E-state index contributed by atoms with van der Waals surface area (Å²) in [4.78, 5) is 13.9. The van der Waals surface area contributed by atoms with Gasteiger partial charge >= 0.3 is 0 Å². The smallest absolute Gasteiger partial charge is 0.159 e. The summed E-state index contributed by atoms with van der Waals surface area (Å²) in [5.74, 6) is 0. The van der Waals surface area contributed by atoms with Crippen molar-refractivity contribution in [1.29, 1.82) is 0 Å². The van der Waals surface area contributed by atoms with E-state index in [1.54, 1.807) is 0 Å². The fraction of sp³-hybridized carbons (Fsp3) is 0.235. The van der Waals surface area contributed by atoms with E-state index in [1.807, 2.05) is 13.1 Å². The van der Waals surface area contributed by atoms with Crippen LogP contribution in [0.2, 0.25) is 0 Å². The molecule has 0 aromatic carbocycles. The Labute approximate surface area is 117 Å². The summed E-state index contributed by atoms with van der Waals surface area (Å²) in [6.45, 7) is 4.09. The maximum absolute atomic E-state index is 4.77. The van der Waals surface area contributed by atoms with Gasteiger partial charge in [0.2, 0.25) is 0 Å². The lowest BCUT2D eigenvalue weighted by Gasteiger charge is -2.18. The molecule has 0 aliphatic heterocycles. The fourth-order valence-corrected chi connectivity index (χ4v) is 2.88. The first-order valence-corrected chi connectivity index (χ1v) is 6.94. The quantitative estimate of drug-likeness (QED) is 0.622. The molecule has 3 nitrogen and oxygen atoms in total. The highest BCUT2D eigenvalue weighted by atomic mass is 14.9. The number of aromatic nitrogens is 3. The molecule has 4 rings (SSSR count). The first-order chi connectivity index (χ1) is 9.70. The number of rotatable bonds is 0. The highest BCUT2D eigenvalue weighted by Crippen LogP contribution is 2.32. The Morgan fingerprint density at radius 1 is 0.900 bits per heavy atom. The van der Waals surface area contributed by atoms with Crippen LogP contribution >= 0.6 is 0 Å². The molecule has 0 unspecified atom stereocenters. The second-order valence-electron chi connectivity index (χ2n) is 5.52. The molecular weight excluding hydrogens is 246 g/mol. The number of nitrogens with zero attached hydrogens (tertiary/aromatic N) is 3. The first-order valence-electron chi connectivity index (χ1n) is 6.94. The van der Waals surface area contributed by atoms with E-state index in [1.165, 1.54) is 16.7 Å². The van der Waals surface area contributed by atoms with Crippen LogP contribution in [0, 0.1) is 13.8 Å². The predicted molar refractivity (Wildman–Crippen MR) is 79.7 cm³/mol. The van der Waals surface area contributed by atoms with Crippen LogP contribution in [0.5, 0.6) is 0 Å². The minimum atomic E-state index is 0.811. The molecule has 0 N–H and O–H groups in total. The minimum absolute atomic E-state index is 0.811. The summed E-state index contributed by atoms with van der Waals surface area (Å²) >= 11 is 0. The van der Waals surface area contributed by atoms with Gasteiger partial charge in [0.1, 0.15) is 0 Å². The van der Waals surface area contributed by atoms with Crippen molar-refractivity contribution in [2.75, 3.05) is 0 Å². The van der Waals surface area contributed by atoms with Crippen LogP contribution in [-0.4, -0.2) is 15.0 Å². The average Bonchev–Trinajstić information content (AvgIpc) is 2.45. The molecule has 0 radical (unpaired) electrons. The van der Waals surface area contributed by atoms with Gasteiger partial charge in [-0.15, -0.1) is 0 Å². The van der Waals surface area contributed by atoms with Crippen LogP contribution in [0.25, 0.3) is 22.4 Å². The van der Waals surface area contributed by atoms with Crippen LogP contribution in [0.3, 0.4) is 0 Å². The Morgan fingerprint density at radius 3 is 2.60 bits per heavy atom. The Kier molecular flexibility index (Phi) is 2.36. The highest BCUT2D eigenvalue weighted by molar-refractivity contribution is 5.81. The van der Waals surface area contributed by atoms with Crippen molar-refractivity contribution in [1.82, 2.24) is 15.0 Å². The molecule has 0 spiro atoms. The van der Waals surface area contributed by atoms with E-state index in [4.69, 9.17) is 4.98 Å². The maximum Gasteiger partial charge on any atom is 0.159 e. The topological polar surface area (TPSA) is 38.7 Å². The maximum atomic E-state index is 4.77. The van der Waals surface area contributed by atoms with Crippen molar-refractivity contribution in [2.24, 2.45) is 0 Å². The molecule has 98 valence electrons. The normalized spacial score (nSPS) is 13.1. The van der Waals surface area contributed by atoms with Crippen molar-refractivity contribution >= 4 is 11.0 Å². The van der Waals surface area contributed by atoms with E-state index >= 15 is 0 Å². The van der Waals surface area contributed by atoms with E-state index in [-0.39, 0.29) is 0 Å². The molecule has 0 saturated heterocycles. The van der Waals surface area contributed by atoms with Gasteiger partial charge in [-0.1, -0.05) is 6.07 Å². The van der Waals surface area contributed by atoms with Crippen molar-refractivity contribution in [3.8, 4) is 11.4 Å². The monoisotopic (exact) mass is 261 g/mol. The molecule has 3 aromatic heterocycles. The Hall–Kier alpha value is -2.29. The zero-order valence-corrected chi connectivity index (χ0v) is 11.6. The van der Waals surface area contributed by atoms with Crippen LogP contribution in [0.1, 0.15) is 22.4 Å². The zero-order valence-electron chi connectivity index (χ0n) is 11.6. The van der Waals surface area contributed by atoms with E-state index in [0.717, 1.165) is 41.0 Å². The molecule has 3 heteroatoms. The van der Waals surface area contributed by atoms with Crippen molar-refractivity contribution in [3.63, 3.8) is 0 Å². The molecular formula is C17H15N3. The highest BCUT2D eigenvalue weighted by Gasteiger charge is 2.19. The average molecular weight is 261 g/mol. The van der Waals surface area contributed by atoms with Gasteiger partial charge in [0.15, 0.2) is 5.65 Å². The van der Waals surface area contributed by atoms with Gasteiger partial charge in [-0.25, -0.2) is 9.97 Å². The largest absolute Gasteiger partial charge is 0.251 e. The first kappa shape index (κ1) is 11.5. The summed E-state index contributed by atoms with van der Waals surface area (Å²) < 4.78 is 0. The molecule has 0 amide bonds. The summed E-state index contributed by atoms with van der Waals surface area (Å²) in [7, 11) is 0. The second-order valence-corrected chi connectivity index (χ2v) is 5.52. The zero-order chi connectivity index (χ0) is 13.7. The van der Waals surface area contributed by atoms with E-state index < -0.39 is 0 Å². The number of pyridine rings is 3. The summed E-state index contributed by atoms with van der Waals surface area (Å²) in [5.41, 5.74) is 7.65. The third-order valence-electron chi connectivity index (χ3n) is 3.89. The number of hydrogen-bond donors (Lipinski definition) is 0. The lowest BCUT2D eigenvalue weighted by Crippen LogP contribution is -2.08. The van der Waals surface area contributed by atoms with Gasteiger partial charge < -0.3 is 0 Å². The van der Waals surface area contributed by atoms with Crippen LogP contribution in [0.4, 0.5) is 0 Å². The standard InChI is InChI=1S/C17H15N3/c1-10-7-14-8-13-6-5-12-4-3-11(2)19-15(12)16(13)20-17(14)18-9-10/h3-4,7-9H,5-6H2,1-2H3. The van der Waals surface area contributed by atoms with Crippen molar-refractivity contribution in [3.05, 3.63) is 52.8 Å². The Balaban J connectivity index is 2.02. The molecule has 1 aliphatic rings. The predicted octanol–water partition coefficient (Wildman–Crippen LogP) is 3.41. The second kappa shape index (κ2) is 4.10. The lowest BCUT2D eigenvalue weighted by molar-refractivity contribution is 0.911. The SMILES string of the molecule is Cc1cnc2nc3c(cc2c1)CCc1ccc(C)nc1-3. The van der Waals surface area contributed by atoms with E-state index in [0.29, 0.717) is 0 Å². The van der Waals surface area contributed by atoms with Crippen molar-refractivity contribution in [2.45, 2.75) is 26.7 Å². The summed E-state index contributed by atoms with van der Waals surface area (Å²) in [6, 6.07) is 8.63. The molecule has 20 heavy (non-hydrogen) atoms. The Bertz CT molecular complexity index is 837. The summed E-state index contributed by atoms with van der Waals surface area (Å²) in [5, 5.41) is 1.12. The third-order valence-corrected chi connectivity index (χ3v) is 3.89. The van der Waals surface area contributed by atoms with Gasteiger partial charge in [0, 0.05) is 17.3 Å². The van der Waals surface area contributed by atoms with Gasteiger partial charge in [0.25, 0.3) is 0 Å². The van der Waals surface area contributed by atoms with Crippen LogP contribution < -0.4 is 0 Å². The van der Waals surface area contributed by atoms with Crippen molar-refractivity contribution < 1.29 is 0 Å². The van der Waals surface area contributed by atoms with Crippen LogP contribution in [0.15, 0.2) is 30.5 Å². The fourth-order valence-electron chi connectivity index (χ4n) is 2.88. The molecule has 0 fully saturated rings. The minimum Gasteiger partial charge on any atom is -0.251 e. The molecule has 3 aromatic rings. The number of aryl methyl sites for hydroxylation is 4.